The van der Waals surface area contributed by atoms with Crippen molar-refractivity contribution in [2.24, 2.45) is 11.7 Å². The van der Waals surface area contributed by atoms with E-state index in [2.05, 4.69) is 4.98 Å². The van der Waals surface area contributed by atoms with Gasteiger partial charge in [-0.05, 0) is 25.5 Å². The number of H-pyrrole nitrogens is 1. The van der Waals surface area contributed by atoms with E-state index >= 15 is 0 Å². The molecule has 94 valence electrons. The lowest BCUT2D eigenvalue weighted by Crippen LogP contribution is -2.36. The molecular weight excluding hydrogens is 218 g/mol. The van der Waals surface area contributed by atoms with Crippen molar-refractivity contribution >= 4 is 5.91 Å². The van der Waals surface area contributed by atoms with Gasteiger partial charge in [0.1, 0.15) is 0 Å². The van der Waals surface area contributed by atoms with Crippen LogP contribution in [0, 0.1) is 5.92 Å². The van der Waals surface area contributed by atoms with Crippen LogP contribution < -0.4 is 11.3 Å². The minimum Gasteiger partial charge on any atom is -0.339 e. The summed E-state index contributed by atoms with van der Waals surface area (Å²) in [5.41, 5.74) is 5.70. The number of hydrogen-bond donors (Lipinski definition) is 2. The summed E-state index contributed by atoms with van der Waals surface area (Å²) in [6, 6.07) is 2.93. The van der Waals surface area contributed by atoms with Gasteiger partial charge < -0.3 is 15.6 Å². The molecular formula is C12H19N3O2. The highest BCUT2D eigenvalue weighted by molar-refractivity contribution is 5.94. The van der Waals surface area contributed by atoms with Crippen molar-refractivity contribution in [3.05, 3.63) is 34.2 Å². The second-order valence-electron chi connectivity index (χ2n) is 4.13. The van der Waals surface area contributed by atoms with Crippen LogP contribution in [0.5, 0.6) is 0 Å². The first-order valence-electron chi connectivity index (χ1n) is 5.76. The average molecular weight is 237 g/mol. The molecule has 5 nitrogen and oxygen atoms in total. The summed E-state index contributed by atoms with van der Waals surface area (Å²) in [5.74, 6) is 0.125. The molecule has 1 aromatic rings. The number of carbonyl (C=O) groups excluding carboxylic acids is 1. The normalized spacial score (nSPS) is 12.2. The van der Waals surface area contributed by atoms with Crippen LogP contribution in [0.3, 0.4) is 0 Å². The Hall–Kier alpha value is -1.62. The van der Waals surface area contributed by atoms with Crippen molar-refractivity contribution < 1.29 is 4.79 Å². The standard InChI is InChI=1S/C12H19N3O2/c1-3-15(8-9(2)7-13)12(17)10-4-5-14-11(16)6-10/h4-6,9H,3,7-8,13H2,1-2H3,(H,14,16). The van der Waals surface area contributed by atoms with E-state index in [1.807, 2.05) is 13.8 Å². The van der Waals surface area contributed by atoms with Crippen LogP contribution in [0.2, 0.25) is 0 Å². The maximum atomic E-state index is 12.1. The van der Waals surface area contributed by atoms with E-state index in [9.17, 15) is 9.59 Å². The molecule has 0 aliphatic carbocycles. The zero-order valence-electron chi connectivity index (χ0n) is 10.3. The van der Waals surface area contributed by atoms with Crippen molar-refractivity contribution in [1.29, 1.82) is 0 Å². The monoisotopic (exact) mass is 237 g/mol. The third-order valence-electron chi connectivity index (χ3n) is 2.63. The quantitative estimate of drug-likeness (QED) is 0.779. The number of amides is 1. The lowest BCUT2D eigenvalue weighted by Gasteiger charge is -2.23. The summed E-state index contributed by atoms with van der Waals surface area (Å²) < 4.78 is 0. The maximum Gasteiger partial charge on any atom is 0.254 e. The average Bonchev–Trinajstić information content (AvgIpc) is 2.34. The molecule has 0 saturated carbocycles. The van der Waals surface area contributed by atoms with E-state index in [0.717, 1.165) is 0 Å². The molecule has 3 N–H and O–H groups in total. The van der Waals surface area contributed by atoms with Gasteiger partial charge in [0.25, 0.3) is 5.91 Å². The number of aromatic nitrogens is 1. The van der Waals surface area contributed by atoms with Gasteiger partial charge in [-0.15, -0.1) is 0 Å². The Morgan fingerprint density at radius 2 is 2.29 bits per heavy atom. The summed E-state index contributed by atoms with van der Waals surface area (Å²) in [4.78, 5) is 27.4. The molecule has 0 aromatic carbocycles. The number of rotatable bonds is 5. The van der Waals surface area contributed by atoms with Crippen LogP contribution in [0.15, 0.2) is 23.1 Å². The summed E-state index contributed by atoms with van der Waals surface area (Å²) in [5, 5.41) is 0. The summed E-state index contributed by atoms with van der Waals surface area (Å²) in [6.45, 7) is 5.66. The van der Waals surface area contributed by atoms with Crippen LogP contribution in [0.4, 0.5) is 0 Å². The third kappa shape index (κ3) is 3.71. The van der Waals surface area contributed by atoms with Crippen LogP contribution in [-0.4, -0.2) is 35.4 Å². The number of carbonyl (C=O) groups is 1. The molecule has 0 saturated heterocycles. The summed E-state index contributed by atoms with van der Waals surface area (Å²) in [7, 11) is 0. The van der Waals surface area contributed by atoms with Crippen molar-refractivity contribution in [1.82, 2.24) is 9.88 Å². The van der Waals surface area contributed by atoms with Crippen LogP contribution in [0.1, 0.15) is 24.2 Å². The van der Waals surface area contributed by atoms with Crippen molar-refractivity contribution in [2.45, 2.75) is 13.8 Å². The number of aromatic amines is 1. The Morgan fingerprint density at radius 3 is 2.82 bits per heavy atom. The van der Waals surface area contributed by atoms with Gasteiger partial charge >= 0.3 is 0 Å². The fourth-order valence-corrected chi connectivity index (χ4v) is 1.57. The van der Waals surface area contributed by atoms with Crippen molar-refractivity contribution in [3.8, 4) is 0 Å². The molecule has 1 amide bonds. The predicted molar refractivity (Wildman–Crippen MR) is 66.9 cm³/mol. The molecule has 0 bridgehead atoms. The highest BCUT2D eigenvalue weighted by Crippen LogP contribution is 2.05. The Morgan fingerprint density at radius 1 is 1.59 bits per heavy atom. The lowest BCUT2D eigenvalue weighted by atomic mass is 10.1. The first-order valence-corrected chi connectivity index (χ1v) is 5.76. The SMILES string of the molecule is CCN(CC(C)CN)C(=O)c1cc[nH]c(=O)c1. The molecule has 0 aliphatic heterocycles. The smallest absolute Gasteiger partial charge is 0.254 e. The molecule has 0 fully saturated rings. The van der Waals surface area contributed by atoms with Crippen LogP contribution in [0.25, 0.3) is 0 Å². The zero-order valence-corrected chi connectivity index (χ0v) is 10.3. The largest absolute Gasteiger partial charge is 0.339 e. The van der Waals surface area contributed by atoms with Gasteiger partial charge in [-0.3, -0.25) is 9.59 Å². The molecule has 0 spiro atoms. The van der Waals surface area contributed by atoms with Gasteiger partial charge in [0, 0.05) is 30.9 Å². The molecule has 0 aliphatic rings. The van der Waals surface area contributed by atoms with Gasteiger partial charge in [0.05, 0.1) is 0 Å². The zero-order chi connectivity index (χ0) is 12.8. The van der Waals surface area contributed by atoms with Gasteiger partial charge in [-0.2, -0.15) is 0 Å². The predicted octanol–water partition coefficient (Wildman–Crippen LogP) is 0.432. The van der Waals surface area contributed by atoms with E-state index in [1.54, 1.807) is 11.0 Å². The summed E-state index contributed by atoms with van der Waals surface area (Å²) in [6.07, 6.45) is 1.48. The third-order valence-corrected chi connectivity index (χ3v) is 2.63. The lowest BCUT2D eigenvalue weighted by molar-refractivity contribution is 0.0743. The molecule has 1 heterocycles. The second-order valence-corrected chi connectivity index (χ2v) is 4.13. The minimum atomic E-state index is -0.265. The van der Waals surface area contributed by atoms with E-state index in [1.165, 1.54) is 12.3 Å². The van der Waals surface area contributed by atoms with E-state index in [0.29, 0.717) is 25.2 Å². The number of hydrogen-bond acceptors (Lipinski definition) is 3. The fourth-order valence-electron chi connectivity index (χ4n) is 1.57. The van der Waals surface area contributed by atoms with Gasteiger partial charge in [0.2, 0.25) is 5.56 Å². The van der Waals surface area contributed by atoms with E-state index in [4.69, 9.17) is 5.73 Å². The molecule has 1 atom stereocenters. The number of nitrogens with one attached hydrogen (secondary N) is 1. The van der Waals surface area contributed by atoms with Gasteiger partial charge in [-0.25, -0.2) is 0 Å². The molecule has 1 aromatic heterocycles. The second kappa shape index (κ2) is 6.20. The Bertz CT molecular complexity index is 428. The van der Waals surface area contributed by atoms with E-state index < -0.39 is 0 Å². The Balaban J connectivity index is 2.82. The molecule has 1 unspecified atom stereocenters. The molecule has 0 radical (unpaired) electrons. The highest BCUT2D eigenvalue weighted by atomic mass is 16.2. The number of nitrogens with zero attached hydrogens (tertiary/aromatic N) is 1. The Kier molecular flexibility index (Phi) is 4.90. The first-order chi connectivity index (χ1) is 8.08. The molecule has 1 rings (SSSR count). The fraction of sp³-hybridized carbons (Fsp3) is 0.500. The van der Waals surface area contributed by atoms with Crippen LogP contribution >= 0.6 is 0 Å². The molecule has 5 heteroatoms. The van der Waals surface area contributed by atoms with Gasteiger partial charge in [-0.1, -0.05) is 6.92 Å². The van der Waals surface area contributed by atoms with Gasteiger partial charge in [0.15, 0.2) is 0 Å². The topological polar surface area (TPSA) is 79.2 Å². The van der Waals surface area contributed by atoms with Crippen molar-refractivity contribution in [2.75, 3.05) is 19.6 Å². The number of pyridine rings is 1. The number of nitrogens with two attached hydrogens (primary N) is 1. The maximum absolute atomic E-state index is 12.1. The minimum absolute atomic E-state index is 0.126. The molecule has 17 heavy (non-hydrogen) atoms. The first kappa shape index (κ1) is 13.4. The Labute approximate surface area is 101 Å². The van der Waals surface area contributed by atoms with Crippen LogP contribution in [-0.2, 0) is 0 Å². The summed E-state index contributed by atoms with van der Waals surface area (Å²) >= 11 is 0. The highest BCUT2D eigenvalue weighted by Gasteiger charge is 2.16. The van der Waals surface area contributed by atoms with Crippen molar-refractivity contribution in [3.63, 3.8) is 0 Å². The van der Waals surface area contributed by atoms with E-state index in [-0.39, 0.29) is 17.4 Å².